The lowest BCUT2D eigenvalue weighted by molar-refractivity contribution is -0.149. The van der Waals surface area contributed by atoms with Crippen LogP contribution in [0, 0.1) is 22.7 Å². The molecule has 35 heavy (non-hydrogen) atoms. The van der Waals surface area contributed by atoms with Gasteiger partial charge in [0.25, 0.3) is 0 Å². The smallest absolute Gasteiger partial charge is 0.326 e. The number of nitrogens with zero attached hydrogens (tertiary/aromatic N) is 1. The average Bonchev–Trinajstić information content (AvgIpc) is 2.81. The van der Waals surface area contributed by atoms with Gasteiger partial charge in [0, 0.05) is 13.5 Å². The number of rotatable bonds is 8. The van der Waals surface area contributed by atoms with Crippen molar-refractivity contribution in [3.63, 3.8) is 0 Å². The molecule has 6 heteroatoms. The first kappa shape index (κ1) is 31.3. The maximum atomic E-state index is 12.7. The minimum Gasteiger partial charge on any atom is -0.468 e. The van der Waals surface area contributed by atoms with Crippen LogP contribution in [-0.4, -0.2) is 41.2 Å². The molecule has 0 saturated carbocycles. The predicted octanol–water partition coefficient (Wildman–Crippen LogP) is 7.52. The van der Waals surface area contributed by atoms with Gasteiger partial charge in [0.05, 0.1) is 25.9 Å². The van der Waals surface area contributed by atoms with Crippen LogP contribution < -0.4 is 0 Å². The fourth-order valence-electron chi connectivity index (χ4n) is 5.76. The van der Waals surface area contributed by atoms with Crippen LogP contribution in [0.3, 0.4) is 0 Å². The third-order valence-corrected chi connectivity index (χ3v) is 13.9. The predicted molar refractivity (Wildman–Crippen MR) is 146 cm³/mol. The first-order valence-electron chi connectivity index (χ1n) is 13.1. The molecule has 1 rings (SSSR count). The lowest BCUT2D eigenvalue weighted by Gasteiger charge is -2.45. The van der Waals surface area contributed by atoms with Crippen molar-refractivity contribution in [3.05, 3.63) is 35.5 Å². The molecule has 1 aliphatic rings. The number of hydrogen-bond donors (Lipinski definition) is 0. The van der Waals surface area contributed by atoms with Gasteiger partial charge in [-0.25, -0.2) is 0 Å². The molecule has 0 spiro atoms. The normalized spacial score (nSPS) is 28.7. The number of carbonyl (C=O) groups is 1. The highest BCUT2D eigenvalue weighted by Gasteiger charge is 2.47. The summed E-state index contributed by atoms with van der Waals surface area (Å²) in [4.78, 5) is 12.7. The van der Waals surface area contributed by atoms with Crippen molar-refractivity contribution in [2.24, 2.45) is 11.3 Å². The quantitative estimate of drug-likeness (QED) is 0.195. The molecular weight excluding hydrogens is 454 g/mol. The van der Waals surface area contributed by atoms with E-state index in [0.717, 1.165) is 24.0 Å². The molecule has 0 heterocycles. The Morgan fingerprint density at radius 3 is 2.23 bits per heavy atom. The topological polar surface area (TPSA) is 68.5 Å². The first-order valence-corrected chi connectivity index (χ1v) is 15.2. The van der Waals surface area contributed by atoms with E-state index in [9.17, 15) is 10.1 Å². The van der Waals surface area contributed by atoms with Gasteiger partial charge in [-0.2, -0.15) is 5.26 Å². The van der Waals surface area contributed by atoms with Gasteiger partial charge in [-0.3, -0.25) is 4.79 Å². The summed E-state index contributed by atoms with van der Waals surface area (Å²) in [6.45, 7) is 18.7. The molecule has 198 valence electrons. The second-order valence-electron chi connectivity index (χ2n) is 11.1. The summed E-state index contributed by atoms with van der Waals surface area (Å²) in [6.07, 6.45) is 10.5. The fourth-order valence-corrected chi connectivity index (χ4v) is 11.4. The standard InChI is InChI=1S/C29H49NO4Si/c1-21(2)35(22(3)4,23(5)6)34-27-16-15-24(7)26(19-32-9)18-29(20-30,28(31)33-10)17-13-11-12-14-25(27)8/h11-14,21-23,25,27H,15-19H2,1-10H3/b13-11-,14-12+,26-24+/t25-,27-,29-/m0/s1. The Bertz CT molecular complexity index is 799. The molecule has 0 amide bonds. The van der Waals surface area contributed by atoms with E-state index in [2.05, 4.69) is 67.5 Å². The lowest BCUT2D eigenvalue weighted by atomic mass is 9.78. The van der Waals surface area contributed by atoms with Gasteiger partial charge in [0.1, 0.15) is 0 Å². The van der Waals surface area contributed by atoms with Crippen LogP contribution in [0.15, 0.2) is 35.5 Å². The van der Waals surface area contributed by atoms with E-state index in [4.69, 9.17) is 13.9 Å². The van der Waals surface area contributed by atoms with Gasteiger partial charge < -0.3 is 13.9 Å². The van der Waals surface area contributed by atoms with Crippen molar-refractivity contribution >= 4 is 14.3 Å². The molecule has 0 unspecified atom stereocenters. The second-order valence-corrected chi connectivity index (χ2v) is 16.5. The minimum absolute atomic E-state index is 0.0966. The van der Waals surface area contributed by atoms with E-state index in [1.54, 1.807) is 7.11 Å². The Morgan fingerprint density at radius 2 is 1.74 bits per heavy atom. The number of ether oxygens (including phenoxy) is 2. The average molecular weight is 504 g/mol. The fraction of sp³-hybridized carbons (Fsp3) is 0.724. The Balaban J connectivity index is 3.52. The minimum atomic E-state index is -2.06. The number of esters is 1. The second kappa shape index (κ2) is 14.2. The molecule has 0 N–H and O–H groups in total. The molecule has 3 atom stereocenters. The van der Waals surface area contributed by atoms with E-state index >= 15 is 0 Å². The maximum Gasteiger partial charge on any atom is 0.326 e. The number of carbonyl (C=O) groups excluding carboxylic acids is 1. The summed E-state index contributed by atoms with van der Waals surface area (Å²) in [6, 6.07) is 2.27. The summed E-state index contributed by atoms with van der Waals surface area (Å²) in [5.74, 6) is -0.260. The number of methoxy groups -OCH3 is 2. The highest BCUT2D eigenvalue weighted by Crippen LogP contribution is 2.44. The Hall–Kier alpha value is -1.68. The Kier molecular flexibility index (Phi) is 12.7. The molecule has 0 aromatic rings. The van der Waals surface area contributed by atoms with Crippen LogP contribution in [0.25, 0.3) is 0 Å². The van der Waals surface area contributed by atoms with E-state index in [-0.39, 0.29) is 12.0 Å². The van der Waals surface area contributed by atoms with Crippen molar-refractivity contribution in [2.75, 3.05) is 20.8 Å². The van der Waals surface area contributed by atoms with E-state index in [1.165, 1.54) is 7.11 Å². The van der Waals surface area contributed by atoms with E-state index < -0.39 is 19.7 Å². The summed E-state index contributed by atoms with van der Waals surface area (Å²) >= 11 is 0. The number of nitriles is 1. The number of allylic oxidation sites excluding steroid dienone is 4. The van der Waals surface area contributed by atoms with Crippen molar-refractivity contribution in [1.82, 2.24) is 0 Å². The molecule has 0 radical (unpaired) electrons. The summed E-state index contributed by atoms with van der Waals surface area (Å²) in [5, 5.41) is 10.1. The van der Waals surface area contributed by atoms with Crippen molar-refractivity contribution in [2.45, 2.75) is 104 Å². The van der Waals surface area contributed by atoms with Gasteiger partial charge >= 0.3 is 5.97 Å². The SMILES string of the molecule is COC/C1=C(\C)CC[C@H](O[Si](C(C)C)(C(C)C)C(C)C)[C@@H](C)/C=C/C=C\C[C@](C#N)(C(=O)OC)C1. The Labute approximate surface area is 215 Å². The van der Waals surface area contributed by atoms with Crippen molar-refractivity contribution < 1.29 is 18.7 Å². The first-order chi connectivity index (χ1) is 16.4. The lowest BCUT2D eigenvalue weighted by Crippen LogP contribution is -2.51. The third kappa shape index (κ3) is 7.65. The third-order valence-electron chi connectivity index (χ3n) is 7.81. The van der Waals surface area contributed by atoms with Crippen LogP contribution in [0.1, 0.15) is 81.1 Å². The van der Waals surface area contributed by atoms with Gasteiger partial charge in [-0.15, -0.1) is 0 Å². The summed E-state index contributed by atoms with van der Waals surface area (Å²) in [7, 11) is 0.939. The molecule has 0 fully saturated rings. The summed E-state index contributed by atoms with van der Waals surface area (Å²) < 4.78 is 17.8. The van der Waals surface area contributed by atoms with Crippen LogP contribution in [0.4, 0.5) is 0 Å². The monoisotopic (exact) mass is 503 g/mol. The van der Waals surface area contributed by atoms with Crippen molar-refractivity contribution in [3.8, 4) is 6.07 Å². The number of hydrogen-bond acceptors (Lipinski definition) is 5. The molecule has 1 aliphatic carbocycles. The van der Waals surface area contributed by atoms with Crippen LogP contribution in [-0.2, 0) is 18.7 Å². The zero-order chi connectivity index (χ0) is 26.8. The van der Waals surface area contributed by atoms with Gasteiger partial charge in [0.15, 0.2) is 5.41 Å². The van der Waals surface area contributed by atoms with Crippen LogP contribution in [0.2, 0.25) is 16.6 Å². The zero-order valence-corrected chi connectivity index (χ0v) is 24.8. The zero-order valence-electron chi connectivity index (χ0n) is 23.8. The molecule has 0 bridgehead atoms. The maximum absolute atomic E-state index is 12.7. The van der Waals surface area contributed by atoms with E-state index in [0.29, 0.717) is 36.1 Å². The highest BCUT2D eigenvalue weighted by molar-refractivity contribution is 6.77. The van der Waals surface area contributed by atoms with Gasteiger partial charge in [-0.1, -0.05) is 78.3 Å². The molecule has 0 aromatic carbocycles. The largest absolute Gasteiger partial charge is 0.468 e. The van der Waals surface area contributed by atoms with Gasteiger partial charge in [-0.05, 0) is 54.3 Å². The Morgan fingerprint density at radius 1 is 1.14 bits per heavy atom. The van der Waals surface area contributed by atoms with E-state index in [1.807, 2.05) is 18.2 Å². The van der Waals surface area contributed by atoms with Gasteiger partial charge in [0.2, 0.25) is 8.32 Å². The molecule has 0 aliphatic heterocycles. The van der Waals surface area contributed by atoms with Crippen LogP contribution >= 0.6 is 0 Å². The molecule has 0 aromatic heterocycles. The molecular formula is C29H49NO4Si. The van der Waals surface area contributed by atoms with Crippen LogP contribution in [0.5, 0.6) is 0 Å². The molecule has 0 saturated heterocycles. The van der Waals surface area contributed by atoms with Crippen molar-refractivity contribution in [1.29, 1.82) is 5.26 Å². The summed E-state index contributed by atoms with van der Waals surface area (Å²) in [5.41, 5.74) is 2.43. The molecule has 5 nitrogen and oxygen atoms in total. The highest BCUT2D eigenvalue weighted by atomic mass is 28.4.